The summed E-state index contributed by atoms with van der Waals surface area (Å²) >= 11 is 0. The minimum atomic E-state index is -2.11. The van der Waals surface area contributed by atoms with Crippen LogP contribution < -0.4 is 4.74 Å². The molecular formula is C30H44N2O4Si. The van der Waals surface area contributed by atoms with Gasteiger partial charge in [-0.1, -0.05) is 41.5 Å². The van der Waals surface area contributed by atoms with E-state index < -0.39 is 8.32 Å². The van der Waals surface area contributed by atoms with Crippen LogP contribution in [0.4, 0.5) is 0 Å². The molecule has 3 fully saturated rings. The van der Waals surface area contributed by atoms with Gasteiger partial charge in [0.2, 0.25) is 0 Å². The zero-order valence-electron chi connectivity index (χ0n) is 24.0. The van der Waals surface area contributed by atoms with E-state index in [1.54, 1.807) is 14.0 Å². The first kappa shape index (κ1) is 26.6. The Morgan fingerprint density at radius 3 is 2.32 bits per heavy atom. The second-order valence-electron chi connectivity index (χ2n) is 12.6. The fourth-order valence-corrected chi connectivity index (χ4v) is 14.1. The Bertz CT molecular complexity index is 1210. The number of benzene rings is 1. The maximum Gasteiger partial charge on any atom is 0.200 e. The van der Waals surface area contributed by atoms with E-state index in [4.69, 9.17) is 9.16 Å². The third-order valence-corrected chi connectivity index (χ3v) is 16.3. The highest BCUT2D eigenvalue weighted by Crippen LogP contribution is 2.56. The van der Waals surface area contributed by atoms with Crippen molar-refractivity contribution in [2.24, 2.45) is 24.8 Å². The Balaban J connectivity index is 1.59. The predicted octanol–water partition coefficient (Wildman–Crippen LogP) is 6.14. The van der Waals surface area contributed by atoms with Crippen LogP contribution in [0.2, 0.25) is 16.6 Å². The summed E-state index contributed by atoms with van der Waals surface area (Å²) in [5.41, 5.74) is 4.44. The number of aryl methyl sites for hydroxylation is 1. The minimum absolute atomic E-state index is 0.0292. The lowest BCUT2D eigenvalue weighted by Gasteiger charge is -2.59. The molecule has 6 rings (SSSR count). The Morgan fingerprint density at radius 1 is 1.11 bits per heavy atom. The van der Waals surface area contributed by atoms with Gasteiger partial charge in [-0.3, -0.25) is 14.5 Å². The largest absolute Gasteiger partial charge is 0.497 e. The van der Waals surface area contributed by atoms with Crippen molar-refractivity contribution in [3.63, 3.8) is 0 Å². The van der Waals surface area contributed by atoms with Crippen molar-refractivity contribution >= 4 is 30.8 Å². The fourth-order valence-electron chi connectivity index (χ4n) is 8.67. The van der Waals surface area contributed by atoms with Gasteiger partial charge >= 0.3 is 0 Å². The number of aromatic nitrogens is 1. The van der Waals surface area contributed by atoms with Crippen LogP contribution in [0.25, 0.3) is 10.9 Å². The molecule has 0 saturated carbocycles. The van der Waals surface area contributed by atoms with Crippen molar-refractivity contribution in [3.8, 4) is 5.75 Å². The highest BCUT2D eigenvalue weighted by Gasteiger charge is 2.60. The molecule has 2 aromatic rings. The first-order valence-electron chi connectivity index (χ1n) is 14.1. The molecule has 1 aromatic heterocycles. The van der Waals surface area contributed by atoms with Crippen LogP contribution in [0.1, 0.15) is 77.0 Å². The number of fused-ring (bicyclic) bond motifs is 4. The van der Waals surface area contributed by atoms with Crippen molar-refractivity contribution in [1.82, 2.24) is 9.47 Å². The number of nitrogens with zero attached hydrogens (tertiary/aromatic N) is 2. The monoisotopic (exact) mass is 524 g/mol. The molecule has 4 aliphatic heterocycles. The molecule has 0 spiro atoms. The van der Waals surface area contributed by atoms with Crippen molar-refractivity contribution in [2.75, 3.05) is 20.3 Å². The Labute approximate surface area is 222 Å². The molecular weight excluding hydrogens is 480 g/mol. The van der Waals surface area contributed by atoms with E-state index in [0.29, 0.717) is 29.8 Å². The lowest BCUT2D eigenvalue weighted by Crippen LogP contribution is -2.67. The van der Waals surface area contributed by atoms with E-state index in [-0.39, 0.29) is 41.4 Å². The van der Waals surface area contributed by atoms with Crippen molar-refractivity contribution in [1.29, 1.82) is 0 Å². The van der Waals surface area contributed by atoms with Crippen LogP contribution in [0, 0.1) is 17.8 Å². The number of ether oxygens (including phenoxy) is 1. The van der Waals surface area contributed by atoms with E-state index in [9.17, 15) is 9.59 Å². The molecule has 1 aromatic carbocycles. The molecule has 4 aliphatic rings. The number of rotatable bonds is 8. The molecule has 0 N–H and O–H groups in total. The van der Waals surface area contributed by atoms with Gasteiger partial charge in [0.05, 0.1) is 24.7 Å². The SMILES string of the molecule is COc1ccc2c3c(n(C)c2c1)[C@@H]1C[C@@H]2[C@@H](CO[Si](C(C)C)(C(C)C)C(C)C)[C@H](C3=O)N1C[C@H]2C(C)=O. The minimum Gasteiger partial charge on any atom is -0.497 e. The third kappa shape index (κ3) is 3.71. The molecule has 202 valence electrons. The molecule has 0 amide bonds. The van der Waals surface area contributed by atoms with Crippen LogP contribution in [0.15, 0.2) is 18.2 Å². The highest BCUT2D eigenvalue weighted by atomic mass is 28.4. The van der Waals surface area contributed by atoms with Gasteiger partial charge < -0.3 is 13.7 Å². The predicted molar refractivity (Wildman–Crippen MR) is 150 cm³/mol. The lowest BCUT2D eigenvalue weighted by molar-refractivity contribution is -0.140. The van der Waals surface area contributed by atoms with E-state index in [1.165, 1.54) is 0 Å². The first-order chi connectivity index (χ1) is 17.4. The summed E-state index contributed by atoms with van der Waals surface area (Å²) in [6, 6.07) is 5.95. The van der Waals surface area contributed by atoms with Gasteiger partial charge in [-0.2, -0.15) is 0 Å². The van der Waals surface area contributed by atoms with Crippen molar-refractivity contribution in [2.45, 2.75) is 83.6 Å². The normalized spacial score (nSPS) is 29.0. The first-order valence-corrected chi connectivity index (χ1v) is 16.2. The average molecular weight is 525 g/mol. The van der Waals surface area contributed by atoms with E-state index in [2.05, 4.69) is 58.1 Å². The molecule has 1 unspecified atom stereocenters. The second-order valence-corrected chi connectivity index (χ2v) is 18.1. The van der Waals surface area contributed by atoms with Crippen LogP contribution in [-0.2, 0) is 16.3 Å². The zero-order valence-corrected chi connectivity index (χ0v) is 25.0. The summed E-state index contributed by atoms with van der Waals surface area (Å²) in [4.78, 5) is 29.6. The van der Waals surface area contributed by atoms with E-state index in [0.717, 1.165) is 34.3 Å². The molecule has 6 nitrogen and oxygen atoms in total. The second kappa shape index (κ2) is 9.35. The summed E-state index contributed by atoms with van der Waals surface area (Å²) < 4.78 is 14.8. The standard InChI is InChI=1S/C30H44N2O4Si/c1-16(2)37(17(3)4,18(5)6)36-15-24-22-13-26-29-27(21-11-10-20(35-9)12-25(21)31(29)8)30(34)28(24)32(26)14-23(22)19(7)33/h10-12,16-18,22-24,26,28H,13-15H2,1-9H3/t22-,23-,24+,26-,28+/m0/s1. The summed E-state index contributed by atoms with van der Waals surface area (Å²) in [5.74, 6) is 1.41. The number of carbonyl (C=O) groups excluding carboxylic acids is 2. The quantitative estimate of drug-likeness (QED) is 0.388. The zero-order chi connectivity index (χ0) is 27.0. The average Bonchev–Trinajstić information content (AvgIpc) is 3.14. The molecule has 6 atom stereocenters. The summed E-state index contributed by atoms with van der Waals surface area (Å²) in [6.07, 6.45) is 0.899. The number of methoxy groups -OCH3 is 1. The van der Waals surface area contributed by atoms with E-state index in [1.807, 2.05) is 18.2 Å². The number of hydrogen-bond acceptors (Lipinski definition) is 5. The maximum absolute atomic E-state index is 14.4. The van der Waals surface area contributed by atoms with Crippen LogP contribution in [0.3, 0.4) is 0 Å². The van der Waals surface area contributed by atoms with Crippen LogP contribution in [0.5, 0.6) is 5.75 Å². The Morgan fingerprint density at radius 2 is 1.76 bits per heavy atom. The number of piperidine rings is 3. The Kier molecular flexibility index (Phi) is 6.73. The summed E-state index contributed by atoms with van der Waals surface area (Å²) in [6.45, 7) is 16.8. The van der Waals surface area contributed by atoms with Gasteiger partial charge in [0.15, 0.2) is 14.1 Å². The molecule has 4 bridgehead atoms. The number of ketones is 2. The van der Waals surface area contributed by atoms with Gasteiger partial charge in [0, 0.05) is 54.7 Å². The number of hydrogen-bond donors (Lipinski definition) is 0. The molecule has 5 heterocycles. The lowest BCUT2D eigenvalue weighted by atomic mass is 9.61. The maximum atomic E-state index is 14.4. The van der Waals surface area contributed by atoms with Gasteiger partial charge in [-0.05, 0) is 48.0 Å². The molecule has 3 saturated heterocycles. The van der Waals surface area contributed by atoms with Crippen molar-refractivity contribution in [3.05, 3.63) is 29.5 Å². The van der Waals surface area contributed by atoms with Gasteiger partial charge in [-0.25, -0.2) is 0 Å². The van der Waals surface area contributed by atoms with Gasteiger partial charge in [0.1, 0.15) is 11.5 Å². The van der Waals surface area contributed by atoms with Gasteiger partial charge in [0.25, 0.3) is 0 Å². The van der Waals surface area contributed by atoms with Crippen LogP contribution in [-0.4, -0.2) is 55.7 Å². The molecule has 0 aliphatic carbocycles. The molecule has 0 radical (unpaired) electrons. The van der Waals surface area contributed by atoms with Crippen molar-refractivity contribution < 1.29 is 18.8 Å². The highest BCUT2D eigenvalue weighted by molar-refractivity contribution is 6.77. The Hall–Kier alpha value is -1.96. The fraction of sp³-hybridized carbons (Fsp3) is 0.667. The van der Waals surface area contributed by atoms with E-state index >= 15 is 0 Å². The summed E-state index contributed by atoms with van der Waals surface area (Å²) in [7, 11) is 1.63. The molecule has 37 heavy (non-hydrogen) atoms. The van der Waals surface area contributed by atoms with Gasteiger partial charge in [-0.15, -0.1) is 0 Å². The molecule has 7 heteroatoms. The number of Topliss-reactive ketones (excluding diaryl/α,β-unsaturated/α-hetero) is 2. The smallest absolute Gasteiger partial charge is 0.200 e. The summed E-state index contributed by atoms with van der Waals surface area (Å²) in [5, 5.41) is 1.01. The topological polar surface area (TPSA) is 60.8 Å². The number of carbonyl (C=O) groups is 2. The van der Waals surface area contributed by atoms with Crippen LogP contribution >= 0.6 is 0 Å². The third-order valence-electron chi connectivity index (χ3n) is 10.2.